The van der Waals surface area contributed by atoms with Gasteiger partial charge in [-0.25, -0.2) is 0 Å². The van der Waals surface area contributed by atoms with Gasteiger partial charge in [-0.3, -0.25) is 4.79 Å². The van der Waals surface area contributed by atoms with Crippen molar-refractivity contribution in [3.8, 4) is 5.75 Å². The monoisotopic (exact) mass is 297 g/mol. The Morgan fingerprint density at radius 3 is 3.15 bits per heavy atom. The smallest absolute Gasteiger partial charge is 0.261 e. The lowest BCUT2D eigenvalue weighted by atomic mass is 10.1. The second-order valence-electron chi connectivity index (χ2n) is 5.28. The molecule has 5 heteroatoms. The molecule has 1 aliphatic heterocycles. The lowest BCUT2D eigenvalue weighted by molar-refractivity contribution is -0.127. The summed E-state index contributed by atoms with van der Waals surface area (Å²) >= 11 is 5.92. The van der Waals surface area contributed by atoms with Crippen LogP contribution in [-0.4, -0.2) is 30.3 Å². The van der Waals surface area contributed by atoms with Gasteiger partial charge in [0.2, 0.25) is 0 Å². The number of ether oxygens (including phenoxy) is 1. The Bertz CT molecular complexity index is 478. The lowest BCUT2D eigenvalue weighted by Gasteiger charge is -2.12. The fourth-order valence-electron chi connectivity index (χ4n) is 2.23. The first kappa shape index (κ1) is 15.1. The number of hydrogen-bond donors (Lipinski definition) is 2. The van der Waals surface area contributed by atoms with E-state index in [9.17, 15) is 4.79 Å². The molecular weight excluding hydrogens is 278 g/mol. The zero-order valence-electron chi connectivity index (χ0n) is 11.6. The van der Waals surface area contributed by atoms with Gasteiger partial charge >= 0.3 is 0 Å². The Kier molecular flexibility index (Phi) is 5.26. The maximum absolute atomic E-state index is 12.0. The number of carbonyl (C=O) groups excluding carboxylic acids is 1. The Balaban J connectivity index is 1.76. The van der Waals surface area contributed by atoms with Gasteiger partial charge in [0.25, 0.3) is 5.91 Å². The summed E-state index contributed by atoms with van der Waals surface area (Å²) in [7, 11) is 0. The molecule has 4 nitrogen and oxygen atoms in total. The summed E-state index contributed by atoms with van der Waals surface area (Å²) in [6, 6.07) is 5.40. The summed E-state index contributed by atoms with van der Waals surface area (Å²) in [6.07, 6.45) is 1.87. The number of halogens is 1. The van der Waals surface area contributed by atoms with Gasteiger partial charge in [-0.15, -0.1) is 0 Å². The van der Waals surface area contributed by atoms with E-state index in [-0.39, 0.29) is 18.4 Å². The van der Waals surface area contributed by atoms with E-state index in [1.54, 1.807) is 12.1 Å². The maximum Gasteiger partial charge on any atom is 0.261 e. The maximum atomic E-state index is 12.0. The topological polar surface area (TPSA) is 58.6 Å². The second kappa shape index (κ2) is 6.95. The van der Waals surface area contributed by atoms with Crippen LogP contribution < -0.4 is 10.1 Å². The highest BCUT2D eigenvalue weighted by Gasteiger charge is 2.28. The molecule has 1 amide bonds. The van der Waals surface area contributed by atoms with E-state index in [1.807, 2.05) is 13.0 Å². The summed E-state index contributed by atoms with van der Waals surface area (Å²) in [4.78, 5) is 12.0. The number of fused-ring (bicyclic) bond motifs is 1. The Hall–Kier alpha value is -1.26. The minimum absolute atomic E-state index is 0.0889. The van der Waals surface area contributed by atoms with Gasteiger partial charge in [0.1, 0.15) is 5.75 Å². The van der Waals surface area contributed by atoms with Crippen molar-refractivity contribution in [2.75, 3.05) is 13.2 Å². The third-order valence-corrected chi connectivity index (χ3v) is 3.71. The standard InChI is InChI=1S/C15H20ClNO3/c1-10(9-18)3-2-6-17-15(19)14-8-11-7-12(16)4-5-13(11)20-14/h4-5,7,10,14,18H,2-3,6,8-9H2,1H3,(H,17,19). The molecule has 2 unspecified atom stereocenters. The van der Waals surface area contributed by atoms with Crippen molar-refractivity contribution in [1.29, 1.82) is 0 Å². The first-order valence-corrected chi connectivity index (χ1v) is 7.31. The van der Waals surface area contributed by atoms with Crippen molar-refractivity contribution in [2.24, 2.45) is 5.92 Å². The lowest BCUT2D eigenvalue weighted by Crippen LogP contribution is -2.38. The number of carbonyl (C=O) groups is 1. The predicted molar refractivity (Wildman–Crippen MR) is 78.1 cm³/mol. The first-order valence-electron chi connectivity index (χ1n) is 6.94. The summed E-state index contributed by atoms with van der Waals surface area (Å²) < 4.78 is 5.61. The Labute approximate surface area is 124 Å². The van der Waals surface area contributed by atoms with Crippen LogP contribution in [-0.2, 0) is 11.2 Å². The normalized spacial score (nSPS) is 18.2. The van der Waals surface area contributed by atoms with Crippen LogP contribution in [0, 0.1) is 5.92 Å². The van der Waals surface area contributed by atoms with E-state index in [0.29, 0.717) is 18.0 Å². The molecule has 2 N–H and O–H groups in total. The molecule has 0 fully saturated rings. The number of hydrogen-bond acceptors (Lipinski definition) is 3. The van der Waals surface area contributed by atoms with Crippen molar-refractivity contribution in [3.05, 3.63) is 28.8 Å². The second-order valence-corrected chi connectivity index (χ2v) is 5.72. The van der Waals surface area contributed by atoms with Gasteiger partial charge < -0.3 is 15.2 Å². The van der Waals surface area contributed by atoms with Crippen LogP contribution in [0.1, 0.15) is 25.3 Å². The van der Waals surface area contributed by atoms with Crippen LogP contribution in [0.4, 0.5) is 0 Å². The van der Waals surface area contributed by atoms with E-state index in [1.165, 1.54) is 0 Å². The number of aliphatic hydroxyl groups excluding tert-OH is 1. The number of aliphatic hydroxyl groups is 1. The number of rotatable bonds is 6. The van der Waals surface area contributed by atoms with E-state index in [4.69, 9.17) is 21.4 Å². The third-order valence-electron chi connectivity index (χ3n) is 3.47. The van der Waals surface area contributed by atoms with Gasteiger partial charge in [-0.1, -0.05) is 18.5 Å². The van der Waals surface area contributed by atoms with Gasteiger partial charge in [0.05, 0.1) is 0 Å². The van der Waals surface area contributed by atoms with Gasteiger partial charge in [0.15, 0.2) is 6.10 Å². The van der Waals surface area contributed by atoms with Gasteiger partial charge in [-0.2, -0.15) is 0 Å². The minimum Gasteiger partial charge on any atom is -0.480 e. The van der Waals surface area contributed by atoms with E-state index in [0.717, 1.165) is 24.2 Å². The molecular formula is C15H20ClNO3. The molecule has 0 saturated heterocycles. The molecule has 0 radical (unpaired) electrons. The largest absolute Gasteiger partial charge is 0.480 e. The van der Waals surface area contributed by atoms with Crippen LogP contribution in [0.3, 0.4) is 0 Å². The van der Waals surface area contributed by atoms with Crippen LogP contribution in [0.5, 0.6) is 5.75 Å². The van der Waals surface area contributed by atoms with Gasteiger partial charge in [-0.05, 0) is 42.5 Å². The molecule has 0 bridgehead atoms. The zero-order chi connectivity index (χ0) is 14.5. The molecule has 1 aromatic rings. The first-order chi connectivity index (χ1) is 9.60. The summed E-state index contributed by atoms with van der Waals surface area (Å²) in [5, 5.41) is 12.5. The van der Waals surface area contributed by atoms with E-state index < -0.39 is 6.10 Å². The molecule has 110 valence electrons. The minimum atomic E-state index is -0.460. The van der Waals surface area contributed by atoms with Crippen molar-refractivity contribution in [2.45, 2.75) is 32.3 Å². The van der Waals surface area contributed by atoms with E-state index in [2.05, 4.69) is 5.32 Å². The third kappa shape index (κ3) is 3.87. The SMILES string of the molecule is CC(CO)CCCNC(=O)C1Cc2cc(Cl)ccc2O1. The quantitative estimate of drug-likeness (QED) is 0.791. The molecule has 1 heterocycles. The highest BCUT2D eigenvalue weighted by atomic mass is 35.5. The molecule has 0 spiro atoms. The number of nitrogens with one attached hydrogen (secondary N) is 1. The summed E-state index contributed by atoms with van der Waals surface area (Å²) in [5.74, 6) is 0.929. The van der Waals surface area contributed by atoms with Gasteiger partial charge in [0, 0.05) is 24.6 Å². The van der Waals surface area contributed by atoms with Crippen LogP contribution in [0.15, 0.2) is 18.2 Å². The van der Waals surface area contributed by atoms with Crippen molar-refractivity contribution in [1.82, 2.24) is 5.32 Å². The summed E-state index contributed by atoms with van der Waals surface area (Å²) in [5.41, 5.74) is 0.978. The zero-order valence-corrected chi connectivity index (χ0v) is 12.3. The van der Waals surface area contributed by atoms with Crippen molar-refractivity contribution in [3.63, 3.8) is 0 Å². The highest BCUT2D eigenvalue weighted by Crippen LogP contribution is 2.31. The summed E-state index contributed by atoms with van der Waals surface area (Å²) in [6.45, 7) is 2.79. The average molecular weight is 298 g/mol. The molecule has 1 aromatic carbocycles. The predicted octanol–water partition coefficient (Wildman–Crippen LogP) is 2.17. The Morgan fingerprint density at radius 1 is 1.60 bits per heavy atom. The molecule has 2 atom stereocenters. The molecule has 0 aliphatic carbocycles. The fraction of sp³-hybridized carbons (Fsp3) is 0.533. The molecule has 0 saturated carbocycles. The number of benzene rings is 1. The molecule has 0 aromatic heterocycles. The molecule has 2 rings (SSSR count). The highest BCUT2D eigenvalue weighted by molar-refractivity contribution is 6.30. The number of amides is 1. The fourth-order valence-corrected chi connectivity index (χ4v) is 2.43. The van der Waals surface area contributed by atoms with Crippen LogP contribution in [0.2, 0.25) is 5.02 Å². The van der Waals surface area contributed by atoms with Crippen molar-refractivity contribution < 1.29 is 14.6 Å². The average Bonchev–Trinajstić information content (AvgIpc) is 2.86. The van der Waals surface area contributed by atoms with Crippen LogP contribution in [0.25, 0.3) is 0 Å². The Morgan fingerprint density at radius 2 is 2.40 bits per heavy atom. The molecule has 1 aliphatic rings. The van der Waals surface area contributed by atoms with Crippen LogP contribution >= 0.6 is 11.6 Å². The molecule has 20 heavy (non-hydrogen) atoms. The van der Waals surface area contributed by atoms with E-state index >= 15 is 0 Å². The van der Waals surface area contributed by atoms with Crippen molar-refractivity contribution >= 4 is 17.5 Å².